The van der Waals surface area contributed by atoms with Gasteiger partial charge in [0.15, 0.2) is 0 Å². The number of aromatic nitrogens is 1. The van der Waals surface area contributed by atoms with Gasteiger partial charge in [-0.3, -0.25) is 4.98 Å². The van der Waals surface area contributed by atoms with Crippen LogP contribution in [0.15, 0.2) is 48.8 Å². The molecule has 0 unspecified atom stereocenters. The Kier molecular flexibility index (Phi) is 6.95. The molecule has 0 aliphatic heterocycles. The summed E-state index contributed by atoms with van der Waals surface area (Å²) in [7, 11) is 5.92. The maximum atomic E-state index is 12.6. The van der Waals surface area contributed by atoms with Crippen LogP contribution in [0, 0.1) is 0 Å². The van der Waals surface area contributed by atoms with E-state index >= 15 is 0 Å². The van der Waals surface area contributed by atoms with Crippen LogP contribution in [-0.2, 0) is 13.1 Å². The number of carbonyl (C=O) groups excluding carboxylic acids is 1. The molecule has 0 radical (unpaired) electrons. The van der Waals surface area contributed by atoms with Crippen LogP contribution in [0.25, 0.3) is 0 Å². The number of amides is 2. The van der Waals surface area contributed by atoms with Crippen LogP contribution in [0.5, 0.6) is 0 Å². The molecule has 1 aromatic carbocycles. The van der Waals surface area contributed by atoms with Gasteiger partial charge in [-0.25, -0.2) is 4.79 Å². The van der Waals surface area contributed by atoms with E-state index in [1.54, 1.807) is 11.1 Å². The molecule has 2 amide bonds. The SMILES string of the molecule is CC[C@@H](c1cccnc1)N(C)C(=O)NCc1ccccc1CN(C)C. The molecule has 5 nitrogen and oxygen atoms in total. The van der Waals surface area contributed by atoms with Gasteiger partial charge in [-0.05, 0) is 43.3 Å². The summed E-state index contributed by atoms with van der Waals surface area (Å²) in [5.74, 6) is 0. The minimum absolute atomic E-state index is 0.0192. The summed E-state index contributed by atoms with van der Waals surface area (Å²) in [6.45, 7) is 3.46. The lowest BCUT2D eigenvalue weighted by Crippen LogP contribution is -2.39. The van der Waals surface area contributed by atoms with Crippen molar-refractivity contribution in [1.82, 2.24) is 20.1 Å². The van der Waals surface area contributed by atoms with Crippen molar-refractivity contribution in [1.29, 1.82) is 0 Å². The van der Waals surface area contributed by atoms with Gasteiger partial charge in [-0.15, -0.1) is 0 Å². The third kappa shape index (κ3) is 5.29. The van der Waals surface area contributed by atoms with Crippen molar-refractivity contribution < 1.29 is 4.79 Å². The first-order chi connectivity index (χ1) is 12.0. The minimum Gasteiger partial charge on any atom is -0.334 e. The van der Waals surface area contributed by atoms with E-state index in [1.165, 1.54) is 5.56 Å². The second kappa shape index (κ2) is 9.18. The molecule has 0 saturated carbocycles. The molecule has 134 valence electrons. The molecule has 5 heteroatoms. The fourth-order valence-electron chi connectivity index (χ4n) is 2.97. The Hall–Kier alpha value is -2.40. The molecular formula is C20H28N4O. The van der Waals surface area contributed by atoms with Crippen molar-refractivity contribution >= 4 is 6.03 Å². The molecule has 1 atom stereocenters. The lowest BCUT2D eigenvalue weighted by molar-refractivity contribution is 0.188. The average molecular weight is 340 g/mol. The van der Waals surface area contributed by atoms with Crippen LogP contribution in [-0.4, -0.2) is 42.0 Å². The number of nitrogens with zero attached hydrogens (tertiary/aromatic N) is 3. The number of pyridine rings is 1. The Morgan fingerprint density at radius 2 is 1.84 bits per heavy atom. The largest absolute Gasteiger partial charge is 0.334 e. The lowest BCUT2D eigenvalue weighted by atomic mass is 10.1. The van der Waals surface area contributed by atoms with Crippen molar-refractivity contribution in [3.05, 3.63) is 65.5 Å². The van der Waals surface area contributed by atoms with E-state index in [9.17, 15) is 4.79 Å². The zero-order valence-electron chi connectivity index (χ0n) is 15.6. The number of urea groups is 1. The lowest BCUT2D eigenvalue weighted by Gasteiger charge is -2.28. The summed E-state index contributed by atoms with van der Waals surface area (Å²) in [5, 5.41) is 3.04. The van der Waals surface area contributed by atoms with Gasteiger partial charge >= 0.3 is 6.03 Å². The van der Waals surface area contributed by atoms with Crippen molar-refractivity contribution in [2.75, 3.05) is 21.1 Å². The van der Waals surface area contributed by atoms with E-state index in [2.05, 4.69) is 34.3 Å². The number of rotatable bonds is 7. The van der Waals surface area contributed by atoms with Crippen LogP contribution in [0.2, 0.25) is 0 Å². The maximum Gasteiger partial charge on any atom is 0.317 e. The molecule has 0 aliphatic rings. The second-order valence-corrected chi connectivity index (χ2v) is 6.49. The minimum atomic E-state index is -0.0737. The Balaban J connectivity index is 2.02. The number of carbonyl (C=O) groups is 1. The van der Waals surface area contributed by atoms with Crippen LogP contribution in [0.3, 0.4) is 0 Å². The standard InChI is InChI=1S/C20H28N4O/c1-5-19(17-11-8-12-21-13-17)24(4)20(25)22-14-16-9-6-7-10-18(16)15-23(2)3/h6-13,19H,5,14-15H2,1-4H3,(H,22,25)/t19-/m0/s1. The van der Waals surface area contributed by atoms with Gasteiger partial charge < -0.3 is 15.1 Å². The van der Waals surface area contributed by atoms with Crippen LogP contribution in [0.4, 0.5) is 4.79 Å². The van der Waals surface area contributed by atoms with Gasteiger partial charge in [-0.1, -0.05) is 37.3 Å². The first-order valence-electron chi connectivity index (χ1n) is 8.65. The quantitative estimate of drug-likeness (QED) is 0.840. The van der Waals surface area contributed by atoms with Gasteiger partial charge in [0.25, 0.3) is 0 Å². The molecule has 1 N–H and O–H groups in total. The molecule has 0 spiro atoms. The molecule has 1 aromatic heterocycles. The highest BCUT2D eigenvalue weighted by Gasteiger charge is 2.20. The smallest absolute Gasteiger partial charge is 0.317 e. The van der Waals surface area contributed by atoms with E-state index in [0.717, 1.165) is 24.1 Å². The van der Waals surface area contributed by atoms with Crippen molar-refractivity contribution in [3.63, 3.8) is 0 Å². The van der Waals surface area contributed by atoms with E-state index in [0.29, 0.717) is 6.54 Å². The summed E-state index contributed by atoms with van der Waals surface area (Å²) in [6, 6.07) is 12.1. The molecule has 2 rings (SSSR count). The molecule has 25 heavy (non-hydrogen) atoms. The van der Waals surface area contributed by atoms with Gasteiger partial charge in [0.1, 0.15) is 0 Å². The van der Waals surface area contributed by atoms with Crippen LogP contribution in [0.1, 0.15) is 36.1 Å². The number of hydrogen-bond acceptors (Lipinski definition) is 3. The number of nitrogens with one attached hydrogen (secondary N) is 1. The third-order valence-electron chi connectivity index (χ3n) is 4.28. The van der Waals surface area contributed by atoms with Crippen LogP contribution < -0.4 is 5.32 Å². The molecule has 0 bridgehead atoms. The first kappa shape index (κ1) is 18.9. The fraction of sp³-hybridized carbons (Fsp3) is 0.400. The van der Waals surface area contributed by atoms with Gasteiger partial charge in [0.2, 0.25) is 0 Å². The maximum absolute atomic E-state index is 12.6. The molecular weight excluding hydrogens is 312 g/mol. The Labute approximate surface area is 150 Å². The number of hydrogen-bond donors (Lipinski definition) is 1. The zero-order chi connectivity index (χ0) is 18.2. The van der Waals surface area contributed by atoms with Gasteiger partial charge in [-0.2, -0.15) is 0 Å². The summed E-state index contributed by atoms with van der Waals surface area (Å²) < 4.78 is 0. The predicted molar refractivity (Wildman–Crippen MR) is 101 cm³/mol. The molecule has 1 heterocycles. The first-order valence-corrected chi connectivity index (χ1v) is 8.65. The summed E-state index contributed by atoms with van der Waals surface area (Å²) in [5.41, 5.74) is 3.43. The average Bonchev–Trinajstić information content (AvgIpc) is 2.61. The molecule has 0 saturated heterocycles. The van der Waals surface area contributed by atoms with Crippen molar-refractivity contribution in [3.8, 4) is 0 Å². The second-order valence-electron chi connectivity index (χ2n) is 6.49. The molecule has 2 aromatic rings. The van der Waals surface area contributed by atoms with E-state index in [4.69, 9.17) is 0 Å². The predicted octanol–water partition coefficient (Wildman–Crippen LogP) is 3.44. The van der Waals surface area contributed by atoms with E-state index in [-0.39, 0.29) is 12.1 Å². The zero-order valence-corrected chi connectivity index (χ0v) is 15.6. The Morgan fingerprint density at radius 3 is 2.44 bits per heavy atom. The van der Waals surface area contributed by atoms with Gasteiger partial charge in [0.05, 0.1) is 6.04 Å². The van der Waals surface area contributed by atoms with E-state index < -0.39 is 0 Å². The summed E-state index contributed by atoms with van der Waals surface area (Å²) >= 11 is 0. The van der Waals surface area contributed by atoms with E-state index in [1.807, 2.05) is 51.6 Å². The van der Waals surface area contributed by atoms with Crippen molar-refractivity contribution in [2.45, 2.75) is 32.5 Å². The number of benzene rings is 1. The topological polar surface area (TPSA) is 48.5 Å². The highest BCUT2D eigenvalue weighted by molar-refractivity contribution is 5.74. The highest BCUT2D eigenvalue weighted by Crippen LogP contribution is 2.22. The summed E-state index contributed by atoms with van der Waals surface area (Å²) in [6.07, 6.45) is 4.41. The van der Waals surface area contributed by atoms with Gasteiger partial charge in [0, 0.05) is 32.5 Å². The fourth-order valence-corrected chi connectivity index (χ4v) is 2.97. The Morgan fingerprint density at radius 1 is 1.12 bits per heavy atom. The Bertz CT molecular complexity index is 672. The third-order valence-corrected chi connectivity index (χ3v) is 4.28. The summed E-state index contributed by atoms with van der Waals surface area (Å²) in [4.78, 5) is 20.7. The normalized spacial score (nSPS) is 12.0. The molecule has 0 fully saturated rings. The van der Waals surface area contributed by atoms with Crippen LogP contribution >= 0.6 is 0 Å². The molecule has 0 aliphatic carbocycles. The monoisotopic (exact) mass is 340 g/mol. The highest BCUT2D eigenvalue weighted by atomic mass is 16.2. The van der Waals surface area contributed by atoms with Crippen molar-refractivity contribution in [2.24, 2.45) is 0 Å².